The van der Waals surface area contributed by atoms with E-state index in [1.54, 1.807) is 0 Å². The summed E-state index contributed by atoms with van der Waals surface area (Å²) in [6, 6.07) is 7.92. The van der Waals surface area contributed by atoms with Crippen LogP contribution in [0.15, 0.2) is 36.4 Å². The third-order valence-corrected chi connectivity index (χ3v) is 2.68. The highest BCUT2D eigenvalue weighted by Gasteiger charge is 2.32. The minimum absolute atomic E-state index is 0.0844. The smallest absolute Gasteiger partial charge is 0.481 e. The topological polar surface area (TPSA) is 68.7 Å². The number of carboxylic acid groups (broad SMARTS) is 1. The van der Waals surface area contributed by atoms with Gasteiger partial charge in [0.05, 0.1) is 7.11 Å². The Hall–Kier alpha value is -2.77. The molecule has 0 fully saturated rings. The molecule has 0 aliphatic rings. The zero-order valence-corrected chi connectivity index (χ0v) is 11.2. The van der Waals surface area contributed by atoms with Crippen molar-refractivity contribution in [2.45, 2.75) is 6.36 Å². The lowest BCUT2D eigenvalue weighted by Gasteiger charge is -2.14. The van der Waals surface area contributed by atoms with Gasteiger partial charge in [0.25, 0.3) is 0 Å². The second-order valence-electron chi connectivity index (χ2n) is 4.10. The van der Waals surface area contributed by atoms with E-state index < -0.39 is 18.1 Å². The van der Waals surface area contributed by atoms with Gasteiger partial charge in [0.1, 0.15) is 5.75 Å². The molecular weight excluding hydrogens is 303 g/mol. The number of methoxy groups -OCH3 is 1. The normalized spacial score (nSPS) is 11.1. The maximum atomic E-state index is 12.4. The van der Waals surface area contributed by atoms with Crippen molar-refractivity contribution in [1.29, 1.82) is 0 Å². The minimum Gasteiger partial charge on any atom is -0.481 e. The molecule has 1 N–H and O–H groups in total. The zero-order valence-electron chi connectivity index (χ0n) is 11.2. The van der Waals surface area contributed by atoms with Crippen LogP contribution in [-0.2, 0) is 0 Å². The summed E-state index contributed by atoms with van der Waals surface area (Å²) in [7, 11) is 1.24. The van der Waals surface area contributed by atoms with E-state index in [1.165, 1.54) is 37.4 Å². The fourth-order valence-corrected chi connectivity index (χ4v) is 1.82. The van der Waals surface area contributed by atoms with Crippen molar-refractivity contribution in [2.75, 3.05) is 7.11 Å². The molecule has 0 atom stereocenters. The van der Waals surface area contributed by atoms with Gasteiger partial charge in [0.15, 0.2) is 5.69 Å². The van der Waals surface area contributed by atoms with E-state index in [9.17, 15) is 18.0 Å². The molecule has 0 aliphatic heterocycles. The number of hydrogen-bond acceptors (Lipinski definition) is 4. The molecule has 0 amide bonds. The molecule has 8 heteroatoms. The van der Waals surface area contributed by atoms with E-state index in [4.69, 9.17) is 9.84 Å². The SMILES string of the molecule is COc1nc(C(=O)O)ccc1-c1ccccc1OC(F)(F)F. The molecule has 0 bridgehead atoms. The maximum absolute atomic E-state index is 12.4. The molecule has 22 heavy (non-hydrogen) atoms. The molecule has 1 heterocycles. The van der Waals surface area contributed by atoms with Crippen LogP contribution in [0.4, 0.5) is 13.2 Å². The molecule has 116 valence electrons. The van der Waals surface area contributed by atoms with E-state index in [2.05, 4.69) is 9.72 Å². The second kappa shape index (κ2) is 5.92. The van der Waals surface area contributed by atoms with Gasteiger partial charge < -0.3 is 14.6 Å². The summed E-state index contributed by atoms with van der Waals surface area (Å²) in [4.78, 5) is 14.6. The first kappa shape index (κ1) is 15.6. The number of para-hydroxylation sites is 1. The summed E-state index contributed by atoms with van der Waals surface area (Å²) in [5, 5.41) is 8.88. The Labute approximate surface area is 122 Å². The largest absolute Gasteiger partial charge is 0.573 e. The Balaban J connectivity index is 2.55. The Morgan fingerprint density at radius 3 is 2.41 bits per heavy atom. The van der Waals surface area contributed by atoms with E-state index >= 15 is 0 Å². The standard InChI is InChI=1S/C14H10F3NO4/c1-21-12-9(6-7-10(18-12)13(19)20)8-4-2-3-5-11(8)22-14(15,16)17/h2-7H,1H3,(H,19,20). The number of carbonyl (C=O) groups is 1. The number of benzene rings is 1. The van der Waals surface area contributed by atoms with Crippen LogP contribution in [-0.4, -0.2) is 29.5 Å². The Morgan fingerprint density at radius 2 is 1.82 bits per heavy atom. The number of carboxylic acids is 1. The van der Waals surface area contributed by atoms with Crippen LogP contribution in [0.25, 0.3) is 11.1 Å². The van der Waals surface area contributed by atoms with Gasteiger partial charge in [-0.2, -0.15) is 0 Å². The molecule has 0 unspecified atom stereocenters. The Morgan fingerprint density at radius 1 is 1.14 bits per heavy atom. The van der Waals surface area contributed by atoms with Crippen LogP contribution in [0.2, 0.25) is 0 Å². The van der Waals surface area contributed by atoms with Crippen molar-refractivity contribution in [3.8, 4) is 22.8 Å². The van der Waals surface area contributed by atoms with Crippen LogP contribution >= 0.6 is 0 Å². The summed E-state index contributed by atoms with van der Waals surface area (Å²) in [6.45, 7) is 0. The average molecular weight is 313 g/mol. The van der Waals surface area contributed by atoms with Gasteiger partial charge in [-0.15, -0.1) is 13.2 Å². The number of alkyl halides is 3. The molecule has 0 radical (unpaired) electrons. The van der Waals surface area contributed by atoms with Crippen LogP contribution in [0.1, 0.15) is 10.5 Å². The van der Waals surface area contributed by atoms with Gasteiger partial charge in [0.2, 0.25) is 5.88 Å². The molecule has 0 saturated heterocycles. The Bertz CT molecular complexity index is 701. The average Bonchev–Trinajstić information content (AvgIpc) is 2.45. The molecule has 2 rings (SSSR count). The fourth-order valence-electron chi connectivity index (χ4n) is 1.82. The first-order valence-electron chi connectivity index (χ1n) is 5.95. The monoisotopic (exact) mass is 313 g/mol. The van der Waals surface area contributed by atoms with Crippen LogP contribution in [0, 0.1) is 0 Å². The minimum atomic E-state index is -4.85. The summed E-state index contributed by atoms with van der Waals surface area (Å²) >= 11 is 0. The Kier molecular flexibility index (Phi) is 4.20. The molecule has 1 aromatic heterocycles. The number of ether oxygens (including phenoxy) is 2. The van der Waals surface area contributed by atoms with Crippen LogP contribution in [0.3, 0.4) is 0 Å². The summed E-state index contributed by atoms with van der Waals surface area (Å²) in [6.07, 6.45) is -4.85. The number of aromatic nitrogens is 1. The number of rotatable bonds is 4. The summed E-state index contributed by atoms with van der Waals surface area (Å²) in [5.74, 6) is -1.82. The third kappa shape index (κ3) is 3.46. The van der Waals surface area contributed by atoms with Crippen molar-refractivity contribution in [3.05, 3.63) is 42.1 Å². The fraction of sp³-hybridized carbons (Fsp3) is 0.143. The number of halogens is 3. The third-order valence-electron chi connectivity index (χ3n) is 2.68. The molecule has 0 aliphatic carbocycles. The molecule has 2 aromatic rings. The van der Waals surface area contributed by atoms with Gasteiger partial charge in [-0.1, -0.05) is 18.2 Å². The highest BCUT2D eigenvalue weighted by molar-refractivity contribution is 5.87. The van der Waals surface area contributed by atoms with Crippen molar-refractivity contribution in [3.63, 3.8) is 0 Å². The number of pyridine rings is 1. The lowest BCUT2D eigenvalue weighted by molar-refractivity contribution is -0.274. The first-order chi connectivity index (χ1) is 10.3. The van der Waals surface area contributed by atoms with Gasteiger partial charge in [0, 0.05) is 11.1 Å². The van der Waals surface area contributed by atoms with Gasteiger partial charge in [-0.25, -0.2) is 9.78 Å². The second-order valence-corrected chi connectivity index (χ2v) is 4.10. The van der Waals surface area contributed by atoms with Crippen molar-refractivity contribution in [1.82, 2.24) is 4.98 Å². The van der Waals surface area contributed by atoms with Crippen molar-refractivity contribution >= 4 is 5.97 Å². The van der Waals surface area contributed by atoms with Gasteiger partial charge in [-0.3, -0.25) is 0 Å². The van der Waals surface area contributed by atoms with Gasteiger partial charge in [-0.05, 0) is 18.2 Å². The van der Waals surface area contributed by atoms with E-state index in [0.29, 0.717) is 0 Å². The highest BCUT2D eigenvalue weighted by Crippen LogP contribution is 2.37. The summed E-state index contributed by atoms with van der Waals surface area (Å²) < 4.78 is 46.3. The van der Waals surface area contributed by atoms with Crippen LogP contribution < -0.4 is 9.47 Å². The van der Waals surface area contributed by atoms with Crippen molar-refractivity contribution < 1.29 is 32.5 Å². The lowest BCUT2D eigenvalue weighted by Crippen LogP contribution is -2.17. The van der Waals surface area contributed by atoms with Crippen LogP contribution in [0.5, 0.6) is 11.6 Å². The molecule has 0 spiro atoms. The zero-order chi connectivity index (χ0) is 16.3. The summed E-state index contributed by atoms with van der Waals surface area (Å²) in [5.41, 5.74) is -0.0108. The highest BCUT2D eigenvalue weighted by atomic mass is 19.4. The van der Waals surface area contributed by atoms with E-state index in [0.717, 1.165) is 6.07 Å². The molecular formula is C14H10F3NO4. The lowest BCUT2D eigenvalue weighted by atomic mass is 10.1. The predicted molar refractivity (Wildman–Crippen MR) is 69.9 cm³/mol. The number of nitrogens with zero attached hydrogens (tertiary/aromatic N) is 1. The van der Waals surface area contributed by atoms with Gasteiger partial charge >= 0.3 is 12.3 Å². The molecule has 5 nitrogen and oxygen atoms in total. The quantitative estimate of drug-likeness (QED) is 0.937. The predicted octanol–water partition coefficient (Wildman–Crippen LogP) is 3.35. The number of hydrogen-bond donors (Lipinski definition) is 1. The van der Waals surface area contributed by atoms with Crippen molar-refractivity contribution in [2.24, 2.45) is 0 Å². The molecule has 1 aromatic carbocycles. The van der Waals surface area contributed by atoms with E-state index in [-0.39, 0.29) is 22.7 Å². The molecule has 0 saturated carbocycles. The number of aromatic carboxylic acids is 1. The first-order valence-corrected chi connectivity index (χ1v) is 5.95. The maximum Gasteiger partial charge on any atom is 0.573 e. The van der Waals surface area contributed by atoms with E-state index in [1.807, 2.05) is 0 Å².